The van der Waals surface area contributed by atoms with Gasteiger partial charge in [-0.25, -0.2) is 0 Å². The minimum Gasteiger partial charge on any atom is -0.351 e. The first kappa shape index (κ1) is 5.03. The second-order valence-corrected chi connectivity index (χ2v) is 1.73. The second-order valence-electron chi connectivity index (χ2n) is 1.73. The van der Waals surface area contributed by atoms with Crippen LogP contribution in [-0.4, -0.2) is 26.0 Å². The molecule has 1 aliphatic rings. The Labute approximate surface area is 42.4 Å². The van der Waals surface area contributed by atoms with Gasteiger partial charge in [-0.3, -0.25) is 0 Å². The Balaban J connectivity index is 2.12. The molecule has 0 saturated carbocycles. The van der Waals surface area contributed by atoms with Crippen LogP contribution in [0.5, 0.6) is 0 Å². The average molecular weight is 104 g/mol. The van der Waals surface area contributed by atoms with Crippen LogP contribution in [0.2, 0.25) is 0 Å². The first-order chi connectivity index (χ1) is 3.39. The number of hydrogen-bond acceptors (Lipinski definition) is 2. The van der Waals surface area contributed by atoms with Gasteiger partial charge in [0.05, 0.1) is 0 Å². The van der Waals surface area contributed by atoms with Gasteiger partial charge < -0.3 is 15.2 Å². The Bertz CT molecular complexity index is 51.7. The van der Waals surface area contributed by atoms with Crippen molar-refractivity contribution in [1.82, 2.24) is 0 Å². The maximum absolute atomic E-state index is 4.90. The van der Waals surface area contributed by atoms with Crippen LogP contribution in [0.25, 0.3) is 0 Å². The summed E-state index contributed by atoms with van der Waals surface area (Å²) in [5.74, 6) is 0. The summed E-state index contributed by atoms with van der Waals surface area (Å²) in [6.07, 6.45) is 0. The minimum absolute atomic E-state index is 0.341. The molecular formula is C4H10NO2+. The lowest BCUT2D eigenvalue weighted by Crippen LogP contribution is -2.66. The van der Waals surface area contributed by atoms with Gasteiger partial charge in [-0.15, -0.1) is 0 Å². The zero-order chi connectivity index (χ0) is 5.11. The topological polar surface area (TPSA) is 46.1 Å². The molecule has 1 fully saturated rings. The Morgan fingerprint density at radius 1 is 1.29 bits per heavy atom. The monoisotopic (exact) mass is 104 g/mol. The number of hydrogen-bond donors (Lipinski definition) is 1. The van der Waals surface area contributed by atoms with E-state index in [1.165, 1.54) is 0 Å². The standard InChI is InChI=1S/C4H9NO2/c5-4-1-6-3-7-2-4/h4H,1-3,5H2/p+1. The summed E-state index contributed by atoms with van der Waals surface area (Å²) < 4.78 is 9.79. The molecule has 0 aliphatic carbocycles. The summed E-state index contributed by atoms with van der Waals surface area (Å²) in [4.78, 5) is 0. The highest BCUT2D eigenvalue weighted by atomic mass is 16.7. The van der Waals surface area contributed by atoms with Gasteiger partial charge in [0.1, 0.15) is 26.0 Å². The Morgan fingerprint density at radius 3 is 2.14 bits per heavy atom. The van der Waals surface area contributed by atoms with Gasteiger partial charge in [-0.05, 0) is 0 Å². The molecule has 3 heteroatoms. The molecule has 42 valence electrons. The van der Waals surface area contributed by atoms with E-state index < -0.39 is 0 Å². The Kier molecular flexibility index (Phi) is 1.62. The molecule has 1 saturated heterocycles. The van der Waals surface area contributed by atoms with Crippen molar-refractivity contribution in [3.63, 3.8) is 0 Å². The van der Waals surface area contributed by atoms with Crippen molar-refractivity contribution in [3.05, 3.63) is 0 Å². The number of rotatable bonds is 0. The fraction of sp³-hybridized carbons (Fsp3) is 1.00. The van der Waals surface area contributed by atoms with Crippen LogP contribution in [0.15, 0.2) is 0 Å². The predicted molar refractivity (Wildman–Crippen MR) is 23.4 cm³/mol. The van der Waals surface area contributed by atoms with Crippen molar-refractivity contribution in [1.29, 1.82) is 0 Å². The van der Waals surface area contributed by atoms with E-state index in [-0.39, 0.29) is 0 Å². The van der Waals surface area contributed by atoms with Crippen LogP contribution in [0.4, 0.5) is 0 Å². The van der Waals surface area contributed by atoms with Crippen molar-refractivity contribution in [2.75, 3.05) is 20.0 Å². The molecule has 0 aromatic rings. The quantitative estimate of drug-likeness (QED) is 0.411. The van der Waals surface area contributed by atoms with Crippen molar-refractivity contribution in [2.24, 2.45) is 0 Å². The molecule has 0 aromatic heterocycles. The number of ether oxygens (including phenoxy) is 2. The average Bonchev–Trinajstić information content (AvgIpc) is 1.69. The van der Waals surface area contributed by atoms with Crippen molar-refractivity contribution in [3.8, 4) is 0 Å². The zero-order valence-electron chi connectivity index (χ0n) is 4.22. The van der Waals surface area contributed by atoms with E-state index in [0.717, 1.165) is 13.2 Å². The summed E-state index contributed by atoms with van der Waals surface area (Å²) in [6.45, 7) is 1.95. The first-order valence-corrected chi connectivity index (χ1v) is 2.38. The van der Waals surface area contributed by atoms with Crippen molar-refractivity contribution < 1.29 is 15.2 Å². The summed E-state index contributed by atoms with van der Waals surface area (Å²) >= 11 is 0. The molecular weight excluding hydrogens is 94.0 g/mol. The molecule has 1 aliphatic heterocycles. The fourth-order valence-corrected chi connectivity index (χ4v) is 0.537. The van der Waals surface area contributed by atoms with Crippen LogP contribution in [-0.2, 0) is 9.47 Å². The largest absolute Gasteiger partial charge is 0.351 e. The molecule has 0 radical (unpaired) electrons. The van der Waals surface area contributed by atoms with Gasteiger partial charge >= 0.3 is 0 Å². The Morgan fingerprint density at radius 2 is 1.86 bits per heavy atom. The fourth-order valence-electron chi connectivity index (χ4n) is 0.537. The second kappa shape index (κ2) is 2.26. The van der Waals surface area contributed by atoms with Gasteiger partial charge in [0.2, 0.25) is 0 Å². The maximum Gasteiger partial charge on any atom is 0.147 e. The maximum atomic E-state index is 4.90. The van der Waals surface area contributed by atoms with Crippen LogP contribution >= 0.6 is 0 Å². The summed E-state index contributed by atoms with van der Waals surface area (Å²) in [6, 6.07) is 0.341. The highest BCUT2D eigenvalue weighted by Crippen LogP contribution is 1.89. The van der Waals surface area contributed by atoms with Gasteiger partial charge in [-0.2, -0.15) is 0 Å². The molecule has 0 amide bonds. The van der Waals surface area contributed by atoms with E-state index >= 15 is 0 Å². The highest BCUT2D eigenvalue weighted by Gasteiger charge is 2.10. The molecule has 0 aromatic carbocycles. The highest BCUT2D eigenvalue weighted by molar-refractivity contribution is 4.50. The summed E-state index contributed by atoms with van der Waals surface area (Å²) in [5, 5.41) is 0. The smallest absolute Gasteiger partial charge is 0.147 e. The minimum atomic E-state index is 0.341. The van der Waals surface area contributed by atoms with Crippen LogP contribution in [0.3, 0.4) is 0 Å². The number of quaternary nitrogens is 1. The van der Waals surface area contributed by atoms with E-state index in [4.69, 9.17) is 9.47 Å². The van der Waals surface area contributed by atoms with E-state index in [2.05, 4.69) is 5.73 Å². The Hall–Kier alpha value is -0.120. The lowest BCUT2D eigenvalue weighted by molar-refractivity contribution is -0.448. The normalized spacial score (nSPS) is 25.3. The van der Waals surface area contributed by atoms with Crippen LogP contribution < -0.4 is 5.73 Å². The van der Waals surface area contributed by atoms with Gasteiger partial charge in [0.15, 0.2) is 0 Å². The van der Waals surface area contributed by atoms with Gasteiger partial charge in [0, 0.05) is 0 Å². The molecule has 0 bridgehead atoms. The van der Waals surface area contributed by atoms with Crippen molar-refractivity contribution in [2.45, 2.75) is 6.04 Å². The molecule has 3 N–H and O–H groups in total. The van der Waals surface area contributed by atoms with E-state index in [1.54, 1.807) is 0 Å². The van der Waals surface area contributed by atoms with E-state index in [0.29, 0.717) is 12.8 Å². The van der Waals surface area contributed by atoms with Gasteiger partial charge in [-0.1, -0.05) is 0 Å². The summed E-state index contributed by atoms with van der Waals surface area (Å²) in [5.41, 5.74) is 3.75. The molecule has 7 heavy (non-hydrogen) atoms. The molecule has 1 rings (SSSR count). The zero-order valence-corrected chi connectivity index (χ0v) is 4.22. The summed E-state index contributed by atoms with van der Waals surface area (Å²) in [7, 11) is 0. The molecule has 0 unspecified atom stereocenters. The third-order valence-corrected chi connectivity index (χ3v) is 0.874. The van der Waals surface area contributed by atoms with E-state index in [1.807, 2.05) is 0 Å². The third kappa shape index (κ3) is 1.43. The van der Waals surface area contributed by atoms with Crippen molar-refractivity contribution >= 4 is 0 Å². The van der Waals surface area contributed by atoms with E-state index in [9.17, 15) is 0 Å². The molecule has 0 spiro atoms. The first-order valence-electron chi connectivity index (χ1n) is 2.38. The molecule has 3 nitrogen and oxygen atoms in total. The lowest BCUT2D eigenvalue weighted by atomic mass is 10.3. The molecule has 1 heterocycles. The SMILES string of the molecule is [NH3+]C1COCOC1. The lowest BCUT2D eigenvalue weighted by Gasteiger charge is -2.14. The predicted octanol–water partition coefficient (Wildman–Crippen LogP) is -1.40. The third-order valence-electron chi connectivity index (χ3n) is 0.874. The van der Waals surface area contributed by atoms with Gasteiger partial charge in [0.25, 0.3) is 0 Å². The van der Waals surface area contributed by atoms with Crippen LogP contribution in [0, 0.1) is 0 Å². The van der Waals surface area contributed by atoms with Crippen LogP contribution in [0.1, 0.15) is 0 Å². The molecule has 0 atom stereocenters.